The molecule has 0 aromatic rings. The lowest BCUT2D eigenvalue weighted by Gasteiger charge is -2.21. The zero-order valence-electron chi connectivity index (χ0n) is 31.3. The van der Waals surface area contributed by atoms with Gasteiger partial charge in [0.1, 0.15) is 6.10 Å². The van der Waals surface area contributed by atoms with E-state index >= 15 is 0 Å². The summed E-state index contributed by atoms with van der Waals surface area (Å²) in [6.07, 6.45) is 49.5. The second-order valence-electron chi connectivity index (χ2n) is 13.5. The van der Waals surface area contributed by atoms with Crippen molar-refractivity contribution in [1.82, 2.24) is 5.32 Å². The third kappa shape index (κ3) is 32.6. The van der Waals surface area contributed by atoms with E-state index in [2.05, 4.69) is 67.8 Å². The van der Waals surface area contributed by atoms with Gasteiger partial charge in [0.05, 0.1) is 18.8 Å². The quantitative estimate of drug-likeness (QED) is 0.0307. The fourth-order valence-corrected chi connectivity index (χ4v) is 5.62. The zero-order valence-corrected chi connectivity index (χ0v) is 31.3. The number of carbonyl (C=O) groups excluding carboxylic acids is 1. The van der Waals surface area contributed by atoms with Crippen molar-refractivity contribution in [2.75, 3.05) is 6.61 Å². The molecule has 0 saturated heterocycles. The minimum Gasteiger partial charge on any atom is -0.394 e. The van der Waals surface area contributed by atoms with Crippen molar-refractivity contribution in [1.29, 1.82) is 0 Å². The van der Waals surface area contributed by atoms with Crippen molar-refractivity contribution in [2.45, 2.75) is 199 Å². The van der Waals surface area contributed by atoms with E-state index in [0.717, 1.165) is 44.9 Å². The van der Waals surface area contributed by atoms with E-state index in [9.17, 15) is 20.1 Å². The number of nitrogens with one attached hydrogen (secondary N) is 1. The lowest BCUT2D eigenvalue weighted by atomic mass is 10.0. The van der Waals surface area contributed by atoms with E-state index in [0.29, 0.717) is 6.42 Å². The molecule has 3 unspecified atom stereocenters. The van der Waals surface area contributed by atoms with Crippen LogP contribution in [0.5, 0.6) is 0 Å². The maximum Gasteiger partial charge on any atom is 0.249 e. The average Bonchev–Trinajstić information content (AvgIpc) is 3.09. The van der Waals surface area contributed by atoms with E-state index in [1.54, 1.807) is 6.08 Å². The fraction of sp³-hybridized carbons (Fsp3) is 0.744. The van der Waals surface area contributed by atoms with Crippen LogP contribution in [0.15, 0.2) is 60.8 Å². The summed E-state index contributed by atoms with van der Waals surface area (Å²) in [5, 5.41) is 33.0. The fourth-order valence-electron chi connectivity index (χ4n) is 5.62. The molecule has 0 aliphatic carbocycles. The molecule has 0 aromatic heterocycles. The number of rotatable bonds is 35. The Morgan fingerprint density at radius 1 is 0.521 bits per heavy atom. The molecule has 1 amide bonds. The van der Waals surface area contributed by atoms with Crippen molar-refractivity contribution >= 4 is 5.91 Å². The molecule has 0 fully saturated rings. The summed E-state index contributed by atoms with van der Waals surface area (Å²) >= 11 is 0. The first-order chi connectivity index (χ1) is 23.6. The van der Waals surface area contributed by atoms with Crippen LogP contribution >= 0.6 is 0 Å². The molecule has 0 bridgehead atoms. The van der Waals surface area contributed by atoms with Crippen LogP contribution in [0, 0.1) is 0 Å². The van der Waals surface area contributed by atoms with Gasteiger partial charge in [-0.2, -0.15) is 0 Å². The van der Waals surface area contributed by atoms with Crippen molar-refractivity contribution in [3.05, 3.63) is 60.8 Å². The Morgan fingerprint density at radius 3 is 1.44 bits per heavy atom. The molecule has 5 heteroatoms. The lowest BCUT2D eigenvalue weighted by molar-refractivity contribution is -0.131. The number of aliphatic hydroxyl groups excluding tert-OH is 3. The van der Waals surface area contributed by atoms with Crippen LogP contribution in [0.4, 0.5) is 0 Å². The minimum atomic E-state index is -1.11. The summed E-state index contributed by atoms with van der Waals surface area (Å²) in [6, 6.07) is -0.824. The second kappa shape index (κ2) is 37.9. The van der Waals surface area contributed by atoms with Gasteiger partial charge in [-0.1, -0.05) is 171 Å². The Morgan fingerprint density at radius 2 is 0.917 bits per heavy atom. The largest absolute Gasteiger partial charge is 0.394 e. The smallest absolute Gasteiger partial charge is 0.249 e. The van der Waals surface area contributed by atoms with Gasteiger partial charge in [0.25, 0.3) is 0 Å². The van der Waals surface area contributed by atoms with Gasteiger partial charge in [0, 0.05) is 0 Å². The molecule has 0 rings (SSSR count). The van der Waals surface area contributed by atoms with E-state index in [-0.39, 0.29) is 6.61 Å². The first-order valence-electron chi connectivity index (χ1n) is 20.1. The Hall–Kier alpha value is -1.95. The number of hydrogen-bond acceptors (Lipinski definition) is 4. The summed E-state index contributed by atoms with van der Waals surface area (Å²) in [7, 11) is 0. The Bertz CT molecular complexity index is 831. The van der Waals surface area contributed by atoms with Gasteiger partial charge in [-0.15, -0.1) is 0 Å². The van der Waals surface area contributed by atoms with Crippen LogP contribution in [-0.2, 0) is 4.79 Å². The molecule has 0 aromatic carbocycles. The molecule has 278 valence electrons. The number of amides is 1. The highest BCUT2D eigenvalue weighted by molar-refractivity contribution is 5.80. The van der Waals surface area contributed by atoms with Crippen LogP contribution in [0.2, 0.25) is 0 Å². The summed E-state index contributed by atoms with van der Waals surface area (Å²) in [4.78, 5) is 12.4. The first kappa shape index (κ1) is 46.0. The Balaban J connectivity index is 3.81. The standard InChI is InChI=1S/C43H77NO4/c1-3-5-7-9-11-13-15-17-19-21-22-24-26-28-30-32-34-36-38-42(47)43(48)44-40(39-45)41(46)37-35-33-31-29-27-25-23-20-18-16-14-12-10-8-6-4-2/h11,13,15,17-18,20,27,29,35,37,40-42,45-47H,3-10,12,14,16,19,21-26,28,30-34,36,38-39H2,1-2H3,(H,44,48)/b13-11-,17-15-,20-18+,29-27+,37-35+. The summed E-state index contributed by atoms with van der Waals surface area (Å²) in [5.41, 5.74) is 0. The number of unbranched alkanes of at least 4 members (excludes halogenated alkanes) is 20. The molecule has 0 heterocycles. The summed E-state index contributed by atoms with van der Waals surface area (Å²) < 4.78 is 0. The van der Waals surface area contributed by atoms with Gasteiger partial charge >= 0.3 is 0 Å². The number of aliphatic hydroxyl groups is 3. The van der Waals surface area contributed by atoms with Gasteiger partial charge in [0.15, 0.2) is 0 Å². The molecular weight excluding hydrogens is 594 g/mol. The lowest BCUT2D eigenvalue weighted by Crippen LogP contribution is -2.48. The SMILES string of the molecule is CCCCC/C=C\C=C/CCCCCCCCCCCC(O)C(=O)NC(CO)C(O)/C=C/CC/C=C/CC/C=C/CCCCCCCC. The minimum absolute atomic E-state index is 0.385. The predicted octanol–water partition coefficient (Wildman–Crippen LogP) is 11.1. The highest BCUT2D eigenvalue weighted by atomic mass is 16.3. The second-order valence-corrected chi connectivity index (χ2v) is 13.5. The molecular formula is C43H77NO4. The predicted molar refractivity (Wildman–Crippen MR) is 208 cm³/mol. The topological polar surface area (TPSA) is 89.8 Å². The number of carbonyl (C=O) groups is 1. The van der Waals surface area contributed by atoms with E-state index in [4.69, 9.17) is 0 Å². The van der Waals surface area contributed by atoms with Crippen molar-refractivity contribution < 1.29 is 20.1 Å². The number of hydrogen-bond donors (Lipinski definition) is 4. The van der Waals surface area contributed by atoms with Crippen molar-refractivity contribution in [2.24, 2.45) is 0 Å². The molecule has 3 atom stereocenters. The van der Waals surface area contributed by atoms with Crippen LogP contribution in [0.3, 0.4) is 0 Å². The monoisotopic (exact) mass is 672 g/mol. The molecule has 0 aliphatic rings. The zero-order chi connectivity index (χ0) is 35.2. The molecule has 48 heavy (non-hydrogen) atoms. The highest BCUT2D eigenvalue weighted by Crippen LogP contribution is 2.13. The third-order valence-corrected chi connectivity index (χ3v) is 8.84. The van der Waals surface area contributed by atoms with Gasteiger partial charge in [-0.3, -0.25) is 4.79 Å². The maximum absolute atomic E-state index is 12.4. The highest BCUT2D eigenvalue weighted by Gasteiger charge is 2.22. The Kier molecular flexibility index (Phi) is 36.3. The molecule has 0 saturated carbocycles. The van der Waals surface area contributed by atoms with Crippen LogP contribution in [-0.4, -0.2) is 46.1 Å². The van der Waals surface area contributed by atoms with E-state index in [1.165, 1.54) is 116 Å². The maximum atomic E-state index is 12.4. The first-order valence-corrected chi connectivity index (χ1v) is 20.1. The molecule has 0 spiro atoms. The van der Waals surface area contributed by atoms with Crippen LogP contribution in [0.25, 0.3) is 0 Å². The van der Waals surface area contributed by atoms with Crippen LogP contribution < -0.4 is 5.32 Å². The van der Waals surface area contributed by atoms with Crippen molar-refractivity contribution in [3.8, 4) is 0 Å². The number of allylic oxidation sites excluding steroid dienone is 9. The summed E-state index contributed by atoms with van der Waals surface area (Å²) in [5.74, 6) is -0.525. The van der Waals surface area contributed by atoms with Crippen molar-refractivity contribution in [3.63, 3.8) is 0 Å². The van der Waals surface area contributed by atoms with Gasteiger partial charge in [-0.25, -0.2) is 0 Å². The molecule has 0 radical (unpaired) electrons. The Labute approximate surface area is 297 Å². The molecule has 4 N–H and O–H groups in total. The molecule has 0 aliphatic heterocycles. The van der Waals surface area contributed by atoms with E-state index < -0.39 is 24.2 Å². The van der Waals surface area contributed by atoms with Gasteiger partial charge in [-0.05, 0) is 70.6 Å². The van der Waals surface area contributed by atoms with E-state index in [1.807, 2.05) is 6.08 Å². The van der Waals surface area contributed by atoms with Gasteiger partial charge in [0.2, 0.25) is 5.91 Å². The normalized spacial score (nSPS) is 14.4. The molecule has 5 nitrogen and oxygen atoms in total. The van der Waals surface area contributed by atoms with Crippen LogP contribution in [0.1, 0.15) is 181 Å². The van der Waals surface area contributed by atoms with Gasteiger partial charge < -0.3 is 20.6 Å². The third-order valence-electron chi connectivity index (χ3n) is 8.84. The summed E-state index contributed by atoms with van der Waals surface area (Å²) in [6.45, 7) is 4.11. The average molecular weight is 672 g/mol.